The molecule has 5 nitrogen and oxygen atoms in total. The average molecular weight is 481 g/mol. The van der Waals surface area contributed by atoms with Gasteiger partial charge in [-0.05, 0) is 67.4 Å². The molecule has 3 amide bonds. The predicted octanol–water partition coefficient (Wildman–Crippen LogP) is 5.32. The minimum absolute atomic E-state index is 0.0748. The second kappa shape index (κ2) is 9.77. The van der Waals surface area contributed by atoms with Crippen LogP contribution < -0.4 is 4.90 Å². The summed E-state index contributed by atoms with van der Waals surface area (Å²) in [5.41, 5.74) is 2.80. The van der Waals surface area contributed by atoms with Crippen molar-refractivity contribution in [1.29, 1.82) is 0 Å². The first-order valence-corrected chi connectivity index (χ1v) is 11.3. The smallest absolute Gasteiger partial charge is 0.257 e. The van der Waals surface area contributed by atoms with E-state index in [9.17, 15) is 14.4 Å². The van der Waals surface area contributed by atoms with Crippen molar-refractivity contribution in [2.24, 2.45) is 0 Å². The highest BCUT2D eigenvalue weighted by Gasteiger charge is 2.44. The van der Waals surface area contributed by atoms with Crippen molar-refractivity contribution >= 4 is 46.6 Å². The van der Waals surface area contributed by atoms with E-state index in [1.165, 1.54) is 4.90 Å². The van der Waals surface area contributed by atoms with E-state index in [0.29, 0.717) is 27.7 Å². The molecule has 0 aliphatic carbocycles. The van der Waals surface area contributed by atoms with Crippen LogP contribution in [-0.2, 0) is 16.0 Å². The second-order valence-corrected chi connectivity index (χ2v) is 8.88. The molecule has 1 heterocycles. The highest BCUT2D eigenvalue weighted by Crippen LogP contribution is 2.28. The van der Waals surface area contributed by atoms with E-state index < -0.39 is 11.9 Å². The molecule has 0 aromatic heterocycles. The molecule has 1 saturated heterocycles. The molecule has 0 saturated carbocycles. The molecule has 7 heteroatoms. The maximum atomic E-state index is 13.5. The summed E-state index contributed by atoms with van der Waals surface area (Å²) in [4.78, 5) is 42.4. The SMILES string of the molecule is Cc1cccc(C(=O)N(CCc2cccc(Cl)c2)C2CC(=O)N(c3ccc(Cl)cc3)C2=O)c1. The number of hydrogen-bond acceptors (Lipinski definition) is 3. The van der Waals surface area contributed by atoms with Crippen LogP contribution in [0.1, 0.15) is 27.9 Å². The second-order valence-electron chi connectivity index (χ2n) is 8.01. The van der Waals surface area contributed by atoms with Gasteiger partial charge in [0.2, 0.25) is 5.91 Å². The fourth-order valence-electron chi connectivity index (χ4n) is 4.01. The molecule has 0 N–H and O–H groups in total. The van der Waals surface area contributed by atoms with Crippen molar-refractivity contribution in [2.45, 2.75) is 25.8 Å². The molecular weight excluding hydrogens is 459 g/mol. The zero-order chi connectivity index (χ0) is 23.5. The minimum Gasteiger partial charge on any atom is -0.326 e. The van der Waals surface area contributed by atoms with Gasteiger partial charge in [-0.1, -0.05) is 53.0 Å². The van der Waals surface area contributed by atoms with Crippen molar-refractivity contribution < 1.29 is 14.4 Å². The first-order valence-electron chi connectivity index (χ1n) is 10.6. The lowest BCUT2D eigenvalue weighted by molar-refractivity contribution is -0.122. The Morgan fingerprint density at radius 1 is 0.970 bits per heavy atom. The molecule has 3 aromatic carbocycles. The van der Waals surface area contributed by atoms with Crippen LogP contribution in [0.3, 0.4) is 0 Å². The van der Waals surface area contributed by atoms with Crippen LogP contribution >= 0.6 is 23.2 Å². The predicted molar refractivity (Wildman–Crippen MR) is 130 cm³/mol. The Bertz CT molecular complexity index is 1210. The van der Waals surface area contributed by atoms with E-state index in [-0.39, 0.29) is 24.8 Å². The van der Waals surface area contributed by atoms with Crippen molar-refractivity contribution in [3.63, 3.8) is 0 Å². The van der Waals surface area contributed by atoms with E-state index in [1.54, 1.807) is 48.5 Å². The highest BCUT2D eigenvalue weighted by molar-refractivity contribution is 6.31. The van der Waals surface area contributed by atoms with Crippen LogP contribution in [0.2, 0.25) is 10.0 Å². The van der Waals surface area contributed by atoms with E-state index in [4.69, 9.17) is 23.2 Å². The molecule has 1 atom stereocenters. The molecule has 3 aromatic rings. The topological polar surface area (TPSA) is 57.7 Å². The van der Waals surface area contributed by atoms with Crippen molar-refractivity contribution in [3.05, 3.63) is 99.5 Å². The summed E-state index contributed by atoms with van der Waals surface area (Å²) in [5.74, 6) is -1.06. The van der Waals surface area contributed by atoms with Crippen LogP contribution in [0, 0.1) is 6.92 Å². The number of carbonyl (C=O) groups excluding carboxylic acids is 3. The summed E-state index contributed by atoms with van der Waals surface area (Å²) in [6, 6.07) is 20.2. The monoisotopic (exact) mass is 480 g/mol. The van der Waals surface area contributed by atoms with Crippen LogP contribution in [0.25, 0.3) is 0 Å². The third-order valence-corrected chi connectivity index (χ3v) is 6.13. The normalized spacial score (nSPS) is 15.7. The third-order valence-electron chi connectivity index (χ3n) is 5.64. The molecule has 1 aliphatic rings. The van der Waals surface area contributed by atoms with Crippen LogP contribution in [0.5, 0.6) is 0 Å². The van der Waals surface area contributed by atoms with Crippen LogP contribution in [0.15, 0.2) is 72.8 Å². The highest BCUT2D eigenvalue weighted by atomic mass is 35.5. The number of benzene rings is 3. The molecule has 1 aliphatic heterocycles. The zero-order valence-corrected chi connectivity index (χ0v) is 19.5. The number of anilines is 1. The number of nitrogens with zero attached hydrogens (tertiary/aromatic N) is 2. The molecule has 0 radical (unpaired) electrons. The first-order chi connectivity index (χ1) is 15.8. The summed E-state index contributed by atoms with van der Waals surface area (Å²) in [6.45, 7) is 2.17. The molecular formula is C26H22Cl2N2O3. The quantitative estimate of drug-likeness (QED) is 0.448. The van der Waals surface area contributed by atoms with E-state index in [0.717, 1.165) is 16.0 Å². The number of carbonyl (C=O) groups is 3. The lowest BCUT2D eigenvalue weighted by Gasteiger charge is -2.28. The van der Waals surface area contributed by atoms with Gasteiger partial charge in [0.25, 0.3) is 11.8 Å². The number of amides is 3. The first kappa shape index (κ1) is 23.0. The summed E-state index contributed by atoms with van der Waals surface area (Å²) < 4.78 is 0. The Hall–Kier alpha value is -3.15. The van der Waals surface area contributed by atoms with Crippen molar-refractivity contribution in [1.82, 2.24) is 4.90 Å². The number of halogens is 2. The van der Waals surface area contributed by atoms with Gasteiger partial charge in [-0.2, -0.15) is 0 Å². The summed E-state index contributed by atoms with van der Waals surface area (Å²) in [7, 11) is 0. The Kier molecular flexibility index (Phi) is 6.82. The Morgan fingerprint density at radius 3 is 2.39 bits per heavy atom. The number of rotatable bonds is 6. The van der Waals surface area contributed by atoms with Gasteiger partial charge < -0.3 is 4.90 Å². The van der Waals surface area contributed by atoms with E-state index in [1.807, 2.05) is 31.2 Å². The van der Waals surface area contributed by atoms with Gasteiger partial charge >= 0.3 is 0 Å². The molecule has 1 fully saturated rings. The largest absolute Gasteiger partial charge is 0.326 e. The molecule has 0 spiro atoms. The number of imide groups is 1. The Balaban J connectivity index is 1.64. The number of hydrogen-bond donors (Lipinski definition) is 0. The molecule has 0 bridgehead atoms. The standard InChI is InChI=1S/C26H22Cl2N2O3/c1-17-4-2-6-19(14-17)25(32)29(13-12-18-5-3-7-21(28)15-18)23-16-24(31)30(26(23)33)22-10-8-20(27)9-11-22/h2-11,14-15,23H,12-13,16H2,1H3. The van der Waals surface area contributed by atoms with Gasteiger partial charge in [-0.25, -0.2) is 4.90 Å². The zero-order valence-electron chi connectivity index (χ0n) is 18.0. The lowest BCUT2D eigenvalue weighted by Crippen LogP contribution is -2.46. The molecule has 4 rings (SSSR count). The van der Waals surface area contributed by atoms with Gasteiger partial charge in [0.05, 0.1) is 12.1 Å². The van der Waals surface area contributed by atoms with Gasteiger partial charge in [0.15, 0.2) is 0 Å². The van der Waals surface area contributed by atoms with Gasteiger partial charge in [0, 0.05) is 22.2 Å². The van der Waals surface area contributed by atoms with Gasteiger partial charge in [-0.15, -0.1) is 0 Å². The fourth-order valence-corrected chi connectivity index (χ4v) is 4.34. The van der Waals surface area contributed by atoms with Gasteiger partial charge in [-0.3, -0.25) is 14.4 Å². The Morgan fingerprint density at radius 2 is 1.70 bits per heavy atom. The third kappa shape index (κ3) is 5.10. The molecule has 1 unspecified atom stereocenters. The Labute approximate surface area is 202 Å². The summed E-state index contributed by atoms with van der Waals surface area (Å²) in [5, 5.41) is 1.11. The molecule has 33 heavy (non-hydrogen) atoms. The maximum absolute atomic E-state index is 13.5. The minimum atomic E-state index is -0.889. The lowest BCUT2D eigenvalue weighted by atomic mass is 10.1. The summed E-state index contributed by atoms with van der Waals surface area (Å²) in [6.07, 6.45) is 0.422. The van der Waals surface area contributed by atoms with Crippen LogP contribution in [0.4, 0.5) is 5.69 Å². The molecule has 168 valence electrons. The number of aryl methyl sites for hydroxylation is 1. The van der Waals surface area contributed by atoms with Crippen molar-refractivity contribution in [3.8, 4) is 0 Å². The van der Waals surface area contributed by atoms with Crippen LogP contribution in [-0.4, -0.2) is 35.2 Å². The van der Waals surface area contributed by atoms with E-state index in [2.05, 4.69) is 0 Å². The van der Waals surface area contributed by atoms with E-state index >= 15 is 0 Å². The summed E-state index contributed by atoms with van der Waals surface area (Å²) >= 11 is 12.1. The average Bonchev–Trinajstić information content (AvgIpc) is 3.08. The van der Waals surface area contributed by atoms with Crippen molar-refractivity contribution in [2.75, 3.05) is 11.4 Å². The fraction of sp³-hybridized carbons (Fsp3) is 0.192. The maximum Gasteiger partial charge on any atom is 0.257 e. The van der Waals surface area contributed by atoms with Gasteiger partial charge in [0.1, 0.15) is 6.04 Å².